The summed E-state index contributed by atoms with van der Waals surface area (Å²) in [4.78, 5) is 11.1. The molecule has 0 spiro atoms. The van der Waals surface area contributed by atoms with Crippen molar-refractivity contribution in [3.63, 3.8) is 0 Å². The van der Waals surface area contributed by atoms with Gasteiger partial charge in [-0.15, -0.1) is 6.58 Å². The van der Waals surface area contributed by atoms with E-state index in [1.54, 1.807) is 24.3 Å². The van der Waals surface area contributed by atoms with Crippen LogP contribution in [0.3, 0.4) is 0 Å². The van der Waals surface area contributed by atoms with Crippen LogP contribution in [0, 0.1) is 0 Å². The minimum Gasteiger partial charge on any atom is -0.491 e. The topological polar surface area (TPSA) is 55.8 Å². The molecule has 0 bridgehead atoms. The van der Waals surface area contributed by atoms with E-state index in [1.165, 1.54) is 13.2 Å². The van der Waals surface area contributed by atoms with Gasteiger partial charge in [0.1, 0.15) is 18.5 Å². The Morgan fingerprint density at radius 1 is 1.50 bits per heavy atom. The van der Waals surface area contributed by atoms with Crippen molar-refractivity contribution in [1.29, 1.82) is 0 Å². The molecule has 4 nitrogen and oxygen atoms in total. The van der Waals surface area contributed by atoms with Crippen LogP contribution < -0.4 is 4.74 Å². The molecule has 0 saturated carbocycles. The Labute approximate surface area is 94.1 Å². The van der Waals surface area contributed by atoms with Gasteiger partial charge >= 0.3 is 5.97 Å². The number of methoxy groups -OCH3 is 1. The number of carbonyl (C=O) groups excluding carboxylic acids is 1. The normalized spacial score (nSPS) is 11.6. The van der Waals surface area contributed by atoms with Crippen molar-refractivity contribution < 1.29 is 19.4 Å². The summed E-state index contributed by atoms with van der Waals surface area (Å²) in [5.41, 5.74) is 0.458. The molecule has 0 aliphatic heterocycles. The van der Waals surface area contributed by atoms with Gasteiger partial charge in [0, 0.05) is 0 Å². The summed E-state index contributed by atoms with van der Waals surface area (Å²) in [6.07, 6.45) is 0.698. The van der Waals surface area contributed by atoms with Crippen LogP contribution >= 0.6 is 0 Å². The second-order valence-electron chi connectivity index (χ2n) is 3.13. The van der Waals surface area contributed by atoms with Crippen molar-refractivity contribution >= 4 is 5.97 Å². The van der Waals surface area contributed by atoms with Gasteiger partial charge in [0.15, 0.2) is 0 Å². The molecule has 0 aliphatic carbocycles. The molecular weight excluding hydrogens is 208 g/mol. The lowest BCUT2D eigenvalue weighted by molar-refractivity contribution is 0.0600. The summed E-state index contributed by atoms with van der Waals surface area (Å²) in [5.74, 6) is 0.186. The van der Waals surface area contributed by atoms with E-state index in [0.717, 1.165) is 0 Å². The zero-order chi connectivity index (χ0) is 12.0. The van der Waals surface area contributed by atoms with E-state index in [0.29, 0.717) is 11.3 Å². The molecule has 0 unspecified atom stereocenters. The molecule has 0 radical (unpaired) electrons. The van der Waals surface area contributed by atoms with Gasteiger partial charge in [0.05, 0.1) is 12.7 Å². The van der Waals surface area contributed by atoms with Gasteiger partial charge in [0.25, 0.3) is 0 Å². The molecule has 4 heteroatoms. The zero-order valence-corrected chi connectivity index (χ0v) is 9.05. The molecule has 0 heterocycles. The third-order valence-electron chi connectivity index (χ3n) is 1.97. The van der Waals surface area contributed by atoms with E-state index in [2.05, 4.69) is 11.3 Å². The molecule has 0 amide bonds. The molecule has 1 aromatic rings. The van der Waals surface area contributed by atoms with E-state index in [4.69, 9.17) is 4.74 Å². The minimum atomic E-state index is -0.694. The van der Waals surface area contributed by atoms with Crippen LogP contribution in [0.15, 0.2) is 36.9 Å². The predicted octanol–water partition coefficient (Wildman–Crippen LogP) is 1.40. The van der Waals surface area contributed by atoms with E-state index in [-0.39, 0.29) is 6.61 Å². The Kier molecular flexibility index (Phi) is 4.54. The fourth-order valence-corrected chi connectivity index (χ4v) is 1.05. The Morgan fingerprint density at radius 3 is 2.62 bits per heavy atom. The highest BCUT2D eigenvalue weighted by Crippen LogP contribution is 2.13. The first-order chi connectivity index (χ1) is 7.67. The van der Waals surface area contributed by atoms with Crippen LogP contribution in [0.4, 0.5) is 0 Å². The third kappa shape index (κ3) is 3.40. The maximum absolute atomic E-state index is 11.1. The summed E-state index contributed by atoms with van der Waals surface area (Å²) < 4.78 is 9.81. The Morgan fingerprint density at radius 2 is 2.12 bits per heavy atom. The van der Waals surface area contributed by atoms with Gasteiger partial charge in [-0.05, 0) is 24.3 Å². The Hall–Kier alpha value is -1.81. The zero-order valence-electron chi connectivity index (χ0n) is 9.05. The molecule has 86 valence electrons. The van der Waals surface area contributed by atoms with Crippen LogP contribution in [0.1, 0.15) is 10.4 Å². The SMILES string of the molecule is C=C[C@H](O)COc1ccc(C(=O)OC)cc1. The van der Waals surface area contributed by atoms with Crippen molar-refractivity contribution in [2.24, 2.45) is 0 Å². The fraction of sp³-hybridized carbons (Fsp3) is 0.250. The van der Waals surface area contributed by atoms with Crippen LogP contribution in [-0.2, 0) is 4.74 Å². The molecule has 1 N–H and O–H groups in total. The molecule has 0 aromatic heterocycles. The number of aliphatic hydroxyl groups excluding tert-OH is 1. The summed E-state index contributed by atoms with van der Waals surface area (Å²) in [5, 5.41) is 9.18. The number of ether oxygens (including phenoxy) is 2. The van der Waals surface area contributed by atoms with E-state index >= 15 is 0 Å². The lowest BCUT2D eigenvalue weighted by atomic mass is 10.2. The number of esters is 1. The molecule has 1 atom stereocenters. The van der Waals surface area contributed by atoms with Gasteiger partial charge in [-0.25, -0.2) is 4.79 Å². The van der Waals surface area contributed by atoms with Gasteiger partial charge in [0.2, 0.25) is 0 Å². The molecule has 0 saturated heterocycles. The number of rotatable bonds is 5. The lowest BCUT2D eigenvalue weighted by Gasteiger charge is -2.08. The third-order valence-corrected chi connectivity index (χ3v) is 1.97. The van der Waals surface area contributed by atoms with Crippen LogP contribution in [-0.4, -0.2) is 30.9 Å². The monoisotopic (exact) mass is 222 g/mol. The van der Waals surface area contributed by atoms with Crippen molar-refractivity contribution in [1.82, 2.24) is 0 Å². The first kappa shape index (κ1) is 12.3. The number of hydrogen-bond donors (Lipinski definition) is 1. The van der Waals surface area contributed by atoms with Crippen LogP contribution in [0.5, 0.6) is 5.75 Å². The van der Waals surface area contributed by atoms with Gasteiger partial charge < -0.3 is 14.6 Å². The summed E-state index contributed by atoms with van der Waals surface area (Å²) in [6, 6.07) is 6.48. The van der Waals surface area contributed by atoms with Gasteiger partial charge in [-0.3, -0.25) is 0 Å². The Balaban J connectivity index is 2.58. The van der Waals surface area contributed by atoms with Gasteiger partial charge in [-0.1, -0.05) is 6.08 Å². The highest BCUT2D eigenvalue weighted by Gasteiger charge is 2.05. The first-order valence-electron chi connectivity index (χ1n) is 4.79. The maximum atomic E-state index is 11.1. The van der Waals surface area contributed by atoms with Crippen molar-refractivity contribution in [3.05, 3.63) is 42.5 Å². The summed E-state index contributed by atoms with van der Waals surface area (Å²) >= 11 is 0. The molecule has 1 rings (SSSR count). The van der Waals surface area contributed by atoms with Crippen molar-refractivity contribution in [2.45, 2.75) is 6.10 Å². The smallest absolute Gasteiger partial charge is 0.337 e. The highest BCUT2D eigenvalue weighted by atomic mass is 16.5. The second kappa shape index (κ2) is 5.92. The molecule has 16 heavy (non-hydrogen) atoms. The Bertz CT molecular complexity index is 356. The average molecular weight is 222 g/mol. The van der Waals surface area contributed by atoms with Gasteiger partial charge in [-0.2, -0.15) is 0 Å². The summed E-state index contributed by atoms with van der Waals surface area (Å²) in [7, 11) is 1.33. The van der Waals surface area contributed by atoms with E-state index < -0.39 is 12.1 Å². The number of aliphatic hydroxyl groups is 1. The molecule has 1 aromatic carbocycles. The van der Waals surface area contributed by atoms with Crippen molar-refractivity contribution in [3.8, 4) is 5.75 Å². The predicted molar refractivity (Wildman–Crippen MR) is 59.5 cm³/mol. The number of benzene rings is 1. The lowest BCUT2D eigenvalue weighted by Crippen LogP contribution is -2.14. The van der Waals surface area contributed by atoms with Crippen LogP contribution in [0.25, 0.3) is 0 Å². The van der Waals surface area contributed by atoms with E-state index in [1.807, 2.05) is 0 Å². The highest BCUT2D eigenvalue weighted by molar-refractivity contribution is 5.89. The molecule has 0 fully saturated rings. The number of carbonyl (C=O) groups is 1. The largest absolute Gasteiger partial charge is 0.491 e. The quantitative estimate of drug-likeness (QED) is 0.604. The second-order valence-corrected chi connectivity index (χ2v) is 3.13. The van der Waals surface area contributed by atoms with Crippen LogP contribution in [0.2, 0.25) is 0 Å². The maximum Gasteiger partial charge on any atom is 0.337 e. The summed E-state index contributed by atoms with van der Waals surface area (Å²) in [6.45, 7) is 3.57. The molecule has 0 aliphatic rings. The number of hydrogen-bond acceptors (Lipinski definition) is 4. The molecular formula is C12H14O4. The van der Waals surface area contributed by atoms with E-state index in [9.17, 15) is 9.90 Å². The standard InChI is InChI=1S/C12H14O4/c1-3-10(13)8-16-11-6-4-9(5-7-11)12(14)15-2/h3-7,10,13H,1,8H2,2H3/t10-/m0/s1. The van der Waals surface area contributed by atoms with Crippen molar-refractivity contribution in [2.75, 3.05) is 13.7 Å². The first-order valence-corrected chi connectivity index (χ1v) is 4.79. The fourth-order valence-electron chi connectivity index (χ4n) is 1.05. The average Bonchev–Trinajstić information content (AvgIpc) is 2.35. The minimum absolute atomic E-state index is 0.140.